The van der Waals surface area contributed by atoms with E-state index in [4.69, 9.17) is 9.47 Å². The molecule has 0 unspecified atom stereocenters. The molecule has 1 amide bonds. The lowest BCUT2D eigenvalue weighted by Crippen LogP contribution is -2.36. The molecule has 0 bridgehead atoms. The summed E-state index contributed by atoms with van der Waals surface area (Å²) in [5.41, 5.74) is 1.74. The van der Waals surface area contributed by atoms with Crippen molar-refractivity contribution in [3.8, 4) is 5.75 Å². The van der Waals surface area contributed by atoms with Crippen LogP contribution in [0.25, 0.3) is 0 Å². The Balaban J connectivity index is 1.85. The van der Waals surface area contributed by atoms with Crippen LogP contribution in [0.2, 0.25) is 0 Å². The number of aromatic nitrogens is 2. The minimum absolute atomic E-state index is 0.0629. The van der Waals surface area contributed by atoms with Crippen LogP contribution >= 0.6 is 0 Å². The highest BCUT2D eigenvalue weighted by Gasteiger charge is 2.18. The Hall–Kier alpha value is -3.85. The number of hydrogen-bond donors (Lipinski definition) is 3. The number of nitrogens with zero attached hydrogens (tertiary/aromatic N) is 1. The van der Waals surface area contributed by atoms with Gasteiger partial charge in [-0.3, -0.25) is 19.1 Å². The van der Waals surface area contributed by atoms with Crippen LogP contribution in [0.1, 0.15) is 36.5 Å². The highest BCUT2D eigenvalue weighted by Crippen LogP contribution is 2.24. The van der Waals surface area contributed by atoms with Crippen LogP contribution in [0.15, 0.2) is 58.1 Å². The SMILES string of the molecule is COCCn1c(NC(=O)COc2cc(C(C)C)ccc2C)c(NCc2ccccc2)c(=O)[nH]c1=O. The maximum atomic E-state index is 12.9. The first kappa shape index (κ1) is 25.8. The van der Waals surface area contributed by atoms with Gasteiger partial charge in [0.1, 0.15) is 17.3 Å². The summed E-state index contributed by atoms with van der Waals surface area (Å²) in [5.74, 6) is 0.485. The van der Waals surface area contributed by atoms with E-state index in [1.807, 2.05) is 55.5 Å². The Morgan fingerprint density at radius 3 is 2.54 bits per heavy atom. The predicted molar refractivity (Wildman–Crippen MR) is 136 cm³/mol. The summed E-state index contributed by atoms with van der Waals surface area (Å²) < 4.78 is 12.1. The number of ether oxygens (including phenoxy) is 2. The molecule has 9 heteroatoms. The fourth-order valence-electron chi connectivity index (χ4n) is 3.49. The second-order valence-corrected chi connectivity index (χ2v) is 8.48. The fourth-order valence-corrected chi connectivity index (χ4v) is 3.49. The van der Waals surface area contributed by atoms with Crippen molar-refractivity contribution < 1.29 is 14.3 Å². The zero-order valence-electron chi connectivity index (χ0n) is 20.5. The van der Waals surface area contributed by atoms with Gasteiger partial charge in [-0.25, -0.2) is 4.79 Å². The minimum Gasteiger partial charge on any atom is -0.483 e. The first-order chi connectivity index (χ1) is 16.8. The Bertz CT molecular complexity index is 1260. The van der Waals surface area contributed by atoms with Gasteiger partial charge in [-0.05, 0) is 35.6 Å². The second kappa shape index (κ2) is 12.0. The summed E-state index contributed by atoms with van der Waals surface area (Å²) in [7, 11) is 1.50. The average Bonchev–Trinajstić information content (AvgIpc) is 2.83. The molecule has 0 aliphatic heterocycles. The van der Waals surface area contributed by atoms with Crippen molar-refractivity contribution in [3.05, 3.63) is 86.1 Å². The summed E-state index contributed by atoms with van der Waals surface area (Å²) in [6.45, 7) is 6.46. The first-order valence-corrected chi connectivity index (χ1v) is 11.5. The number of hydrogen-bond acceptors (Lipinski definition) is 6. The Labute approximate surface area is 204 Å². The molecular formula is C26H32N4O5. The van der Waals surface area contributed by atoms with Gasteiger partial charge < -0.3 is 20.1 Å². The quantitative estimate of drug-likeness (QED) is 0.388. The van der Waals surface area contributed by atoms with Crippen molar-refractivity contribution in [2.75, 3.05) is 31.0 Å². The summed E-state index contributed by atoms with van der Waals surface area (Å²) in [5, 5.41) is 5.74. The van der Waals surface area contributed by atoms with E-state index in [9.17, 15) is 14.4 Å². The normalized spacial score (nSPS) is 10.9. The molecule has 0 saturated carbocycles. The maximum absolute atomic E-state index is 12.9. The standard InChI is InChI=1S/C26H32N4O5/c1-17(2)20-11-10-18(3)21(14-20)35-16-22(31)28-24-23(27-15-19-8-6-5-7-9-19)25(32)29-26(33)30(24)12-13-34-4/h5-11,14,17,27H,12-13,15-16H2,1-4H3,(H,28,31)(H,29,32,33). The summed E-state index contributed by atoms with van der Waals surface area (Å²) in [4.78, 5) is 40.4. The van der Waals surface area contributed by atoms with Crippen molar-refractivity contribution in [2.45, 2.75) is 39.8 Å². The molecule has 0 aliphatic rings. The van der Waals surface area contributed by atoms with Crippen molar-refractivity contribution in [2.24, 2.45) is 0 Å². The second-order valence-electron chi connectivity index (χ2n) is 8.48. The molecule has 0 saturated heterocycles. The van der Waals surface area contributed by atoms with E-state index in [0.29, 0.717) is 18.2 Å². The van der Waals surface area contributed by atoms with E-state index in [0.717, 1.165) is 16.7 Å². The third-order valence-electron chi connectivity index (χ3n) is 5.53. The van der Waals surface area contributed by atoms with Crippen molar-refractivity contribution >= 4 is 17.4 Å². The molecule has 3 aromatic rings. The topological polar surface area (TPSA) is 114 Å². The summed E-state index contributed by atoms with van der Waals surface area (Å²) in [6, 6.07) is 15.4. The number of benzene rings is 2. The van der Waals surface area contributed by atoms with Crippen LogP contribution in [-0.4, -0.2) is 35.8 Å². The molecule has 0 fully saturated rings. The Morgan fingerprint density at radius 2 is 1.86 bits per heavy atom. The largest absolute Gasteiger partial charge is 0.483 e. The first-order valence-electron chi connectivity index (χ1n) is 11.5. The third-order valence-corrected chi connectivity index (χ3v) is 5.53. The average molecular weight is 481 g/mol. The lowest BCUT2D eigenvalue weighted by atomic mass is 10.0. The molecule has 3 N–H and O–H groups in total. The van der Waals surface area contributed by atoms with Gasteiger partial charge in [-0.1, -0.05) is 56.3 Å². The lowest BCUT2D eigenvalue weighted by Gasteiger charge is -2.18. The molecule has 186 valence electrons. The number of aryl methyl sites for hydroxylation is 1. The molecule has 0 aliphatic carbocycles. The van der Waals surface area contributed by atoms with E-state index < -0.39 is 17.2 Å². The van der Waals surface area contributed by atoms with Gasteiger partial charge in [0, 0.05) is 13.7 Å². The number of nitrogens with one attached hydrogen (secondary N) is 3. The van der Waals surface area contributed by atoms with Crippen LogP contribution in [-0.2, 0) is 22.6 Å². The number of carbonyl (C=O) groups excluding carboxylic acids is 1. The zero-order chi connectivity index (χ0) is 25.4. The van der Waals surface area contributed by atoms with E-state index in [1.54, 1.807) is 0 Å². The number of carbonyl (C=O) groups is 1. The molecule has 1 aromatic heterocycles. The van der Waals surface area contributed by atoms with E-state index >= 15 is 0 Å². The van der Waals surface area contributed by atoms with Crippen LogP contribution in [0, 0.1) is 6.92 Å². The van der Waals surface area contributed by atoms with E-state index in [2.05, 4.69) is 29.5 Å². The third kappa shape index (κ3) is 6.83. The van der Waals surface area contributed by atoms with Crippen molar-refractivity contribution in [1.29, 1.82) is 0 Å². The highest BCUT2D eigenvalue weighted by atomic mass is 16.5. The number of aromatic amines is 1. The van der Waals surface area contributed by atoms with Gasteiger partial charge in [-0.2, -0.15) is 0 Å². The Morgan fingerprint density at radius 1 is 1.11 bits per heavy atom. The van der Waals surface area contributed by atoms with Crippen LogP contribution in [0.5, 0.6) is 5.75 Å². The van der Waals surface area contributed by atoms with Crippen LogP contribution in [0.4, 0.5) is 11.5 Å². The molecule has 2 aromatic carbocycles. The highest BCUT2D eigenvalue weighted by molar-refractivity contribution is 5.93. The number of anilines is 2. The molecule has 3 rings (SSSR count). The van der Waals surface area contributed by atoms with Crippen LogP contribution in [0.3, 0.4) is 0 Å². The van der Waals surface area contributed by atoms with Crippen LogP contribution < -0.4 is 26.6 Å². The number of rotatable bonds is 11. The summed E-state index contributed by atoms with van der Waals surface area (Å²) in [6.07, 6.45) is 0. The fraction of sp³-hybridized carbons (Fsp3) is 0.346. The van der Waals surface area contributed by atoms with Crippen molar-refractivity contribution in [3.63, 3.8) is 0 Å². The summed E-state index contributed by atoms with van der Waals surface area (Å²) >= 11 is 0. The molecule has 0 spiro atoms. The molecule has 9 nitrogen and oxygen atoms in total. The van der Waals surface area contributed by atoms with Gasteiger partial charge >= 0.3 is 5.69 Å². The Kier molecular flexibility index (Phi) is 8.86. The predicted octanol–water partition coefficient (Wildman–Crippen LogP) is 3.24. The van der Waals surface area contributed by atoms with E-state index in [-0.39, 0.29) is 31.3 Å². The number of amides is 1. The van der Waals surface area contributed by atoms with Gasteiger partial charge in [-0.15, -0.1) is 0 Å². The van der Waals surface area contributed by atoms with Gasteiger partial charge in [0.15, 0.2) is 6.61 Å². The smallest absolute Gasteiger partial charge is 0.330 e. The molecular weight excluding hydrogens is 448 g/mol. The minimum atomic E-state index is -0.644. The van der Waals surface area contributed by atoms with E-state index in [1.165, 1.54) is 11.7 Å². The number of H-pyrrole nitrogens is 1. The molecule has 35 heavy (non-hydrogen) atoms. The maximum Gasteiger partial charge on any atom is 0.330 e. The van der Waals surface area contributed by atoms with Gasteiger partial charge in [0.25, 0.3) is 11.5 Å². The number of methoxy groups -OCH3 is 1. The lowest BCUT2D eigenvalue weighted by molar-refractivity contribution is -0.118. The van der Waals surface area contributed by atoms with Gasteiger partial charge in [0.05, 0.1) is 13.2 Å². The molecule has 0 radical (unpaired) electrons. The molecule has 0 atom stereocenters. The molecule has 1 heterocycles. The monoisotopic (exact) mass is 480 g/mol. The zero-order valence-corrected chi connectivity index (χ0v) is 20.5. The van der Waals surface area contributed by atoms with Crippen molar-refractivity contribution in [1.82, 2.24) is 9.55 Å². The van der Waals surface area contributed by atoms with Gasteiger partial charge in [0.2, 0.25) is 0 Å².